The largest absolute Gasteiger partial charge is 0.487 e. The van der Waals surface area contributed by atoms with Crippen LogP contribution in [0.3, 0.4) is 0 Å². The van der Waals surface area contributed by atoms with Crippen LogP contribution in [0.4, 0.5) is 5.82 Å². The molecule has 0 aromatic carbocycles. The summed E-state index contributed by atoms with van der Waals surface area (Å²) in [6, 6.07) is 10.6. The third-order valence-electron chi connectivity index (χ3n) is 4.90. The average molecular weight is 412 g/mol. The molecule has 0 aliphatic carbocycles. The average Bonchev–Trinajstić information content (AvgIpc) is 2.74. The molecule has 0 saturated carbocycles. The number of hydrogen-bond acceptors (Lipinski definition) is 6. The molecule has 0 N–H and O–H groups in total. The SMILES string of the molecule is CN1CCN(c2ccc(-n3ccc(OCc4ccc(Cl)cn4)cc3=O)cn2)CC1. The fourth-order valence-corrected chi connectivity index (χ4v) is 3.27. The lowest BCUT2D eigenvalue weighted by Gasteiger charge is -2.33. The van der Waals surface area contributed by atoms with Crippen molar-refractivity contribution in [3.63, 3.8) is 0 Å². The van der Waals surface area contributed by atoms with E-state index in [1.807, 2.05) is 12.1 Å². The summed E-state index contributed by atoms with van der Waals surface area (Å²) in [6.07, 6.45) is 4.99. The van der Waals surface area contributed by atoms with Gasteiger partial charge >= 0.3 is 0 Å². The Bertz CT molecular complexity index is 1010. The van der Waals surface area contributed by atoms with Crippen LogP contribution in [0.1, 0.15) is 5.69 Å². The number of hydrogen-bond donors (Lipinski definition) is 0. The molecule has 0 bridgehead atoms. The third-order valence-corrected chi connectivity index (χ3v) is 5.13. The molecule has 1 fully saturated rings. The Hall–Kier alpha value is -2.90. The molecule has 1 aliphatic heterocycles. The van der Waals surface area contributed by atoms with Crippen LogP contribution in [0, 0.1) is 0 Å². The van der Waals surface area contributed by atoms with Crippen LogP contribution in [0.2, 0.25) is 5.02 Å². The fourth-order valence-electron chi connectivity index (χ4n) is 3.16. The highest BCUT2D eigenvalue weighted by Gasteiger charge is 2.15. The van der Waals surface area contributed by atoms with Gasteiger partial charge in [0.05, 0.1) is 22.6 Å². The number of halogens is 1. The van der Waals surface area contributed by atoms with Crippen molar-refractivity contribution in [2.45, 2.75) is 6.61 Å². The molecule has 0 amide bonds. The van der Waals surface area contributed by atoms with Gasteiger partial charge in [-0.25, -0.2) is 4.98 Å². The van der Waals surface area contributed by atoms with Crippen molar-refractivity contribution in [1.29, 1.82) is 0 Å². The maximum absolute atomic E-state index is 12.5. The summed E-state index contributed by atoms with van der Waals surface area (Å²) in [5, 5.41) is 0.573. The number of anilines is 1. The van der Waals surface area contributed by atoms with Gasteiger partial charge in [0.2, 0.25) is 0 Å². The van der Waals surface area contributed by atoms with Crippen LogP contribution in [-0.4, -0.2) is 52.7 Å². The predicted octanol–water partition coefficient (Wildman–Crippen LogP) is 2.61. The van der Waals surface area contributed by atoms with Gasteiger partial charge in [0.15, 0.2) is 0 Å². The zero-order chi connectivity index (χ0) is 20.2. The summed E-state index contributed by atoms with van der Waals surface area (Å²) in [7, 11) is 2.12. The van der Waals surface area contributed by atoms with Gasteiger partial charge in [-0.3, -0.25) is 14.3 Å². The Balaban J connectivity index is 1.43. The lowest BCUT2D eigenvalue weighted by Crippen LogP contribution is -2.44. The summed E-state index contributed by atoms with van der Waals surface area (Å²) in [6.45, 7) is 4.22. The summed E-state index contributed by atoms with van der Waals surface area (Å²) in [4.78, 5) is 25.8. The molecule has 1 aliphatic rings. The van der Waals surface area contributed by atoms with Gasteiger partial charge in [-0.15, -0.1) is 0 Å². The van der Waals surface area contributed by atoms with E-state index in [0.29, 0.717) is 10.8 Å². The first-order chi connectivity index (χ1) is 14.1. The van der Waals surface area contributed by atoms with Gasteiger partial charge in [0.25, 0.3) is 5.56 Å². The van der Waals surface area contributed by atoms with Crippen molar-refractivity contribution in [3.8, 4) is 11.4 Å². The van der Waals surface area contributed by atoms with E-state index in [4.69, 9.17) is 16.3 Å². The smallest absolute Gasteiger partial charge is 0.258 e. The van der Waals surface area contributed by atoms with E-state index in [-0.39, 0.29) is 12.2 Å². The summed E-state index contributed by atoms with van der Waals surface area (Å²) in [5.41, 5.74) is 1.28. The monoisotopic (exact) mass is 411 g/mol. The highest BCUT2D eigenvalue weighted by Crippen LogP contribution is 2.16. The van der Waals surface area contributed by atoms with Crippen LogP contribution < -0.4 is 15.2 Å². The second-order valence-corrected chi connectivity index (χ2v) is 7.43. The minimum atomic E-state index is -0.180. The zero-order valence-electron chi connectivity index (χ0n) is 16.2. The first kappa shape index (κ1) is 19.4. The zero-order valence-corrected chi connectivity index (χ0v) is 16.9. The molecular formula is C21H22ClN5O2. The first-order valence-corrected chi connectivity index (χ1v) is 9.82. The van der Waals surface area contributed by atoms with Crippen molar-refractivity contribution in [1.82, 2.24) is 19.4 Å². The van der Waals surface area contributed by atoms with Crippen LogP contribution >= 0.6 is 11.6 Å². The molecule has 0 unspecified atom stereocenters. The maximum atomic E-state index is 12.5. The van der Waals surface area contributed by atoms with E-state index in [9.17, 15) is 4.79 Å². The molecular weight excluding hydrogens is 390 g/mol. The number of likely N-dealkylation sites (N-methyl/N-ethyl adjacent to an activating group) is 1. The number of rotatable bonds is 5. The van der Waals surface area contributed by atoms with Crippen molar-refractivity contribution in [2.24, 2.45) is 0 Å². The number of ether oxygens (including phenoxy) is 1. The summed E-state index contributed by atoms with van der Waals surface area (Å²) < 4.78 is 7.22. The lowest BCUT2D eigenvalue weighted by molar-refractivity contribution is 0.300. The van der Waals surface area contributed by atoms with E-state index >= 15 is 0 Å². The first-order valence-electron chi connectivity index (χ1n) is 9.44. The quantitative estimate of drug-likeness (QED) is 0.643. The molecule has 3 aromatic rings. The summed E-state index contributed by atoms with van der Waals surface area (Å²) in [5.74, 6) is 1.43. The molecule has 0 spiro atoms. The second-order valence-electron chi connectivity index (χ2n) is 6.99. The highest BCUT2D eigenvalue weighted by atomic mass is 35.5. The van der Waals surface area contributed by atoms with E-state index in [1.165, 1.54) is 6.07 Å². The Morgan fingerprint density at radius 3 is 2.52 bits per heavy atom. The molecule has 150 valence electrons. The topological polar surface area (TPSA) is 63.5 Å². The molecule has 7 nitrogen and oxygen atoms in total. The van der Waals surface area contributed by atoms with Crippen molar-refractivity contribution >= 4 is 17.4 Å². The molecule has 3 aromatic heterocycles. The van der Waals surface area contributed by atoms with Crippen LogP contribution in [0.15, 0.2) is 59.8 Å². The second kappa shape index (κ2) is 8.63. The normalized spacial score (nSPS) is 14.8. The van der Waals surface area contributed by atoms with Gasteiger partial charge in [0.1, 0.15) is 18.2 Å². The van der Waals surface area contributed by atoms with Crippen LogP contribution in [-0.2, 0) is 6.61 Å². The van der Waals surface area contributed by atoms with Crippen molar-refractivity contribution in [3.05, 3.63) is 76.1 Å². The number of pyridine rings is 3. The molecule has 4 rings (SSSR count). The summed E-state index contributed by atoms with van der Waals surface area (Å²) >= 11 is 5.83. The molecule has 1 saturated heterocycles. The predicted molar refractivity (Wildman–Crippen MR) is 113 cm³/mol. The Morgan fingerprint density at radius 1 is 1.03 bits per heavy atom. The minimum absolute atomic E-state index is 0.180. The van der Waals surface area contributed by atoms with E-state index in [1.54, 1.807) is 41.4 Å². The molecule has 8 heteroatoms. The molecule has 0 radical (unpaired) electrons. The number of nitrogens with zero attached hydrogens (tertiary/aromatic N) is 5. The number of aromatic nitrogens is 3. The maximum Gasteiger partial charge on any atom is 0.258 e. The third kappa shape index (κ3) is 4.75. The fraction of sp³-hybridized carbons (Fsp3) is 0.286. The van der Waals surface area contributed by atoms with Crippen molar-refractivity contribution in [2.75, 3.05) is 38.1 Å². The van der Waals surface area contributed by atoms with Gasteiger partial charge in [-0.1, -0.05) is 11.6 Å². The van der Waals surface area contributed by atoms with Gasteiger partial charge in [0, 0.05) is 44.6 Å². The van der Waals surface area contributed by atoms with E-state index < -0.39 is 0 Å². The van der Waals surface area contributed by atoms with Gasteiger partial charge in [-0.2, -0.15) is 0 Å². The van der Waals surface area contributed by atoms with Gasteiger partial charge < -0.3 is 14.5 Å². The van der Waals surface area contributed by atoms with Gasteiger partial charge in [-0.05, 0) is 37.4 Å². The van der Waals surface area contributed by atoms with E-state index in [2.05, 4.69) is 26.8 Å². The Morgan fingerprint density at radius 2 is 1.86 bits per heavy atom. The highest BCUT2D eigenvalue weighted by molar-refractivity contribution is 6.30. The minimum Gasteiger partial charge on any atom is -0.487 e. The van der Waals surface area contributed by atoms with Crippen molar-refractivity contribution < 1.29 is 4.74 Å². The molecule has 4 heterocycles. The van der Waals surface area contributed by atoms with Crippen LogP contribution in [0.25, 0.3) is 5.69 Å². The lowest BCUT2D eigenvalue weighted by atomic mass is 10.3. The Labute approximate surface area is 174 Å². The Kier molecular flexibility index (Phi) is 5.78. The standard InChI is InChI=1S/C21H22ClN5O2/c1-25-8-10-26(11-9-25)20-5-4-18(14-24-20)27-7-6-19(12-21(27)28)29-15-17-3-2-16(22)13-23-17/h2-7,12-14H,8-11,15H2,1H3. The number of piperazine rings is 1. The van der Waals surface area contributed by atoms with Crippen LogP contribution in [0.5, 0.6) is 5.75 Å². The van der Waals surface area contributed by atoms with E-state index in [0.717, 1.165) is 43.4 Å². The molecule has 0 atom stereocenters. The molecule has 29 heavy (non-hydrogen) atoms.